The molecule has 1 aromatic rings. The Morgan fingerprint density at radius 3 is 2.64 bits per heavy atom. The fourth-order valence-electron chi connectivity index (χ4n) is 1.19. The van der Waals surface area contributed by atoms with Gasteiger partial charge in [-0.2, -0.15) is 5.10 Å². The van der Waals surface area contributed by atoms with Gasteiger partial charge in [-0.1, -0.05) is 13.8 Å². The first-order valence-electron chi connectivity index (χ1n) is 5.38. The highest BCUT2D eigenvalue weighted by Gasteiger charge is 2.06. The molecule has 1 rings (SSSR count). The lowest BCUT2D eigenvalue weighted by Gasteiger charge is -2.16. The maximum absolute atomic E-state index is 4.23. The second kappa shape index (κ2) is 5.15. The molecular formula is C11H21N3. The quantitative estimate of drug-likeness (QED) is 0.779. The van der Waals surface area contributed by atoms with Crippen LogP contribution in [-0.2, 0) is 13.1 Å². The van der Waals surface area contributed by atoms with E-state index in [0.29, 0.717) is 12.0 Å². The van der Waals surface area contributed by atoms with E-state index >= 15 is 0 Å². The summed E-state index contributed by atoms with van der Waals surface area (Å²) >= 11 is 0. The monoisotopic (exact) mass is 195 g/mol. The third kappa shape index (κ3) is 3.14. The van der Waals surface area contributed by atoms with Gasteiger partial charge in [0.2, 0.25) is 0 Å². The van der Waals surface area contributed by atoms with Crippen LogP contribution in [0.2, 0.25) is 0 Å². The van der Waals surface area contributed by atoms with Gasteiger partial charge in [-0.15, -0.1) is 0 Å². The molecule has 0 radical (unpaired) electrons. The minimum Gasteiger partial charge on any atom is -0.310 e. The molecule has 0 aliphatic rings. The molecule has 1 N–H and O–H groups in total. The van der Waals surface area contributed by atoms with Crippen LogP contribution in [0.4, 0.5) is 0 Å². The topological polar surface area (TPSA) is 29.9 Å². The summed E-state index contributed by atoms with van der Waals surface area (Å²) < 4.78 is 1.96. The molecule has 0 fully saturated rings. The van der Waals surface area contributed by atoms with Crippen molar-refractivity contribution in [2.24, 2.45) is 5.92 Å². The summed E-state index contributed by atoms with van der Waals surface area (Å²) in [4.78, 5) is 0. The predicted octanol–water partition coefficient (Wildman–Crippen LogP) is 2.04. The number of rotatable bonds is 5. The van der Waals surface area contributed by atoms with E-state index < -0.39 is 0 Å². The van der Waals surface area contributed by atoms with Crippen LogP contribution in [0.1, 0.15) is 33.3 Å². The minimum absolute atomic E-state index is 0.556. The molecule has 0 aliphatic heterocycles. The van der Waals surface area contributed by atoms with Gasteiger partial charge in [0.1, 0.15) is 0 Å². The zero-order chi connectivity index (χ0) is 10.6. The van der Waals surface area contributed by atoms with Gasteiger partial charge in [0, 0.05) is 30.9 Å². The molecule has 1 atom stereocenters. The maximum Gasteiger partial charge on any atom is 0.0534 e. The normalized spacial score (nSPS) is 13.5. The fraction of sp³-hybridized carbons (Fsp3) is 0.727. The van der Waals surface area contributed by atoms with Crippen molar-refractivity contribution in [3.05, 3.63) is 18.0 Å². The molecule has 14 heavy (non-hydrogen) atoms. The average Bonchev–Trinajstić information content (AvgIpc) is 2.61. The fourth-order valence-corrected chi connectivity index (χ4v) is 1.19. The molecule has 1 unspecified atom stereocenters. The first-order valence-corrected chi connectivity index (χ1v) is 5.38. The molecule has 0 saturated heterocycles. The number of hydrogen-bond acceptors (Lipinski definition) is 2. The Hall–Kier alpha value is -0.830. The largest absolute Gasteiger partial charge is 0.310 e. The summed E-state index contributed by atoms with van der Waals surface area (Å²) in [5.74, 6) is 0.677. The Kier molecular flexibility index (Phi) is 4.14. The predicted molar refractivity (Wildman–Crippen MR) is 59.0 cm³/mol. The van der Waals surface area contributed by atoms with Crippen LogP contribution in [0.3, 0.4) is 0 Å². The van der Waals surface area contributed by atoms with Crippen molar-refractivity contribution in [1.82, 2.24) is 15.1 Å². The van der Waals surface area contributed by atoms with Gasteiger partial charge in [0.05, 0.1) is 6.20 Å². The van der Waals surface area contributed by atoms with Crippen molar-refractivity contribution in [2.45, 2.75) is 46.8 Å². The van der Waals surface area contributed by atoms with Crippen molar-refractivity contribution in [1.29, 1.82) is 0 Å². The molecule has 0 bridgehead atoms. The van der Waals surface area contributed by atoms with Crippen molar-refractivity contribution < 1.29 is 0 Å². The van der Waals surface area contributed by atoms with Gasteiger partial charge in [0.25, 0.3) is 0 Å². The molecule has 3 heteroatoms. The van der Waals surface area contributed by atoms with Crippen molar-refractivity contribution in [2.75, 3.05) is 0 Å². The minimum atomic E-state index is 0.556. The van der Waals surface area contributed by atoms with Crippen LogP contribution in [0.5, 0.6) is 0 Å². The van der Waals surface area contributed by atoms with E-state index in [-0.39, 0.29) is 0 Å². The SMILES string of the molecule is CCn1cc(CNC(C)C(C)C)cn1. The molecule has 0 aromatic carbocycles. The lowest BCUT2D eigenvalue weighted by Crippen LogP contribution is -2.29. The van der Waals surface area contributed by atoms with Gasteiger partial charge in [0.15, 0.2) is 0 Å². The summed E-state index contributed by atoms with van der Waals surface area (Å²) in [6.45, 7) is 10.6. The number of hydrogen-bond donors (Lipinski definition) is 1. The summed E-state index contributed by atoms with van der Waals surface area (Å²) in [6.07, 6.45) is 4.03. The standard InChI is InChI=1S/C11H21N3/c1-5-14-8-11(7-13-14)6-12-10(4)9(2)3/h7-10,12H,5-6H2,1-4H3. The molecule has 1 heterocycles. The molecular weight excluding hydrogens is 174 g/mol. The number of aryl methyl sites for hydroxylation is 1. The third-order valence-corrected chi connectivity index (χ3v) is 2.64. The summed E-state index contributed by atoms with van der Waals surface area (Å²) in [7, 11) is 0. The van der Waals surface area contributed by atoms with Crippen LogP contribution in [0, 0.1) is 5.92 Å². The van der Waals surface area contributed by atoms with Crippen molar-refractivity contribution in [3.63, 3.8) is 0 Å². The highest BCUT2D eigenvalue weighted by molar-refractivity contribution is 5.03. The second-order valence-corrected chi connectivity index (χ2v) is 4.12. The number of aromatic nitrogens is 2. The van der Waals surface area contributed by atoms with Crippen LogP contribution < -0.4 is 5.32 Å². The van der Waals surface area contributed by atoms with Crippen LogP contribution >= 0.6 is 0 Å². The Morgan fingerprint density at radius 1 is 1.43 bits per heavy atom. The first-order chi connectivity index (χ1) is 6.63. The van der Waals surface area contributed by atoms with Gasteiger partial charge < -0.3 is 5.32 Å². The third-order valence-electron chi connectivity index (χ3n) is 2.64. The number of nitrogens with zero attached hydrogens (tertiary/aromatic N) is 2. The maximum atomic E-state index is 4.23. The van der Waals surface area contributed by atoms with E-state index in [4.69, 9.17) is 0 Å². The molecule has 3 nitrogen and oxygen atoms in total. The van der Waals surface area contributed by atoms with Gasteiger partial charge in [-0.25, -0.2) is 0 Å². The van der Waals surface area contributed by atoms with Crippen LogP contribution in [-0.4, -0.2) is 15.8 Å². The van der Waals surface area contributed by atoms with Gasteiger partial charge >= 0.3 is 0 Å². The molecule has 0 spiro atoms. The Balaban J connectivity index is 2.37. The summed E-state index contributed by atoms with van der Waals surface area (Å²) in [6, 6.07) is 0.556. The van der Waals surface area contributed by atoms with Gasteiger partial charge in [-0.3, -0.25) is 4.68 Å². The molecule has 1 aromatic heterocycles. The van der Waals surface area contributed by atoms with E-state index in [2.05, 4.69) is 44.3 Å². The van der Waals surface area contributed by atoms with E-state index in [1.165, 1.54) is 5.56 Å². The van der Waals surface area contributed by atoms with E-state index in [1.54, 1.807) is 0 Å². The zero-order valence-electron chi connectivity index (χ0n) is 9.62. The van der Waals surface area contributed by atoms with Gasteiger partial charge in [-0.05, 0) is 19.8 Å². The highest BCUT2D eigenvalue weighted by atomic mass is 15.3. The molecule has 0 aliphatic carbocycles. The smallest absolute Gasteiger partial charge is 0.0534 e. The zero-order valence-corrected chi connectivity index (χ0v) is 9.62. The summed E-state index contributed by atoms with van der Waals surface area (Å²) in [5.41, 5.74) is 1.26. The molecule has 0 saturated carbocycles. The summed E-state index contributed by atoms with van der Waals surface area (Å²) in [5, 5.41) is 7.72. The van der Waals surface area contributed by atoms with E-state index in [1.807, 2.05) is 10.9 Å². The Morgan fingerprint density at radius 2 is 2.14 bits per heavy atom. The van der Waals surface area contributed by atoms with Crippen LogP contribution in [0.25, 0.3) is 0 Å². The second-order valence-electron chi connectivity index (χ2n) is 4.12. The first kappa shape index (κ1) is 11.2. The molecule has 0 amide bonds. The number of nitrogens with one attached hydrogen (secondary N) is 1. The highest BCUT2D eigenvalue weighted by Crippen LogP contribution is 2.02. The lowest BCUT2D eigenvalue weighted by atomic mass is 10.1. The van der Waals surface area contributed by atoms with E-state index in [9.17, 15) is 0 Å². The van der Waals surface area contributed by atoms with E-state index in [0.717, 1.165) is 13.1 Å². The van der Waals surface area contributed by atoms with Crippen LogP contribution in [0.15, 0.2) is 12.4 Å². The van der Waals surface area contributed by atoms with Crippen molar-refractivity contribution >= 4 is 0 Å². The average molecular weight is 195 g/mol. The Labute approximate surface area is 86.5 Å². The lowest BCUT2D eigenvalue weighted by molar-refractivity contribution is 0.426. The van der Waals surface area contributed by atoms with Crippen molar-refractivity contribution in [3.8, 4) is 0 Å². The Bertz CT molecular complexity index is 265. The molecule has 80 valence electrons.